The second-order valence-electron chi connectivity index (χ2n) is 6.15. The van der Waals surface area contributed by atoms with Gasteiger partial charge in [-0.15, -0.1) is 0 Å². The number of aromatic nitrogens is 1. The highest BCUT2D eigenvalue weighted by molar-refractivity contribution is 6.31. The number of fused-ring (bicyclic) bond motifs is 1. The summed E-state index contributed by atoms with van der Waals surface area (Å²) in [5.74, 6) is 0.533. The van der Waals surface area contributed by atoms with E-state index in [2.05, 4.69) is 0 Å². The molecule has 0 unspecified atom stereocenters. The van der Waals surface area contributed by atoms with Crippen LogP contribution in [0.5, 0.6) is 5.75 Å². The smallest absolute Gasteiger partial charge is 0.131 e. The van der Waals surface area contributed by atoms with Crippen molar-refractivity contribution in [1.29, 1.82) is 0 Å². The van der Waals surface area contributed by atoms with Crippen LogP contribution in [0.2, 0.25) is 5.02 Å². The lowest BCUT2D eigenvalue weighted by Crippen LogP contribution is -1.93. The van der Waals surface area contributed by atoms with Crippen LogP contribution in [0, 0.1) is 5.82 Å². The number of ether oxygens (including phenoxy) is 1. The van der Waals surface area contributed by atoms with Gasteiger partial charge in [0.05, 0.1) is 17.8 Å². The van der Waals surface area contributed by atoms with Gasteiger partial charge in [0, 0.05) is 21.5 Å². The molecule has 134 valence electrons. The molecule has 0 bridgehead atoms. The van der Waals surface area contributed by atoms with Crippen LogP contribution in [-0.2, 0) is 0 Å². The summed E-state index contributed by atoms with van der Waals surface area (Å²) in [6, 6.07) is 21.9. The highest BCUT2D eigenvalue weighted by Gasteiger charge is 2.13. The van der Waals surface area contributed by atoms with Crippen molar-refractivity contribution in [2.75, 3.05) is 6.61 Å². The largest absolute Gasteiger partial charge is 0.494 e. The Morgan fingerprint density at radius 2 is 1.70 bits per heavy atom. The fourth-order valence-corrected chi connectivity index (χ4v) is 3.31. The highest BCUT2D eigenvalue weighted by Crippen LogP contribution is 2.35. The molecule has 0 saturated carbocycles. The molecule has 27 heavy (non-hydrogen) atoms. The first-order valence-electron chi connectivity index (χ1n) is 8.74. The molecule has 1 heterocycles. The summed E-state index contributed by atoms with van der Waals surface area (Å²) in [6.07, 6.45) is 0. The van der Waals surface area contributed by atoms with E-state index in [-0.39, 0.29) is 5.82 Å². The molecule has 0 atom stereocenters. The zero-order valence-electron chi connectivity index (χ0n) is 14.7. The molecule has 0 N–H and O–H groups in total. The number of rotatable bonds is 4. The van der Waals surface area contributed by atoms with Gasteiger partial charge < -0.3 is 4.74 Å². The predicted molar refractivity (Wildman–Crippen MR) is 109 cm³/mol. The molecule has 2 nitrogen and oxygen atoms in total. The Bertz CT molecular complexity index is 1110. The number of hydrogen-bond acceptors (Lipinski definition) is 2. The Kier molecular flexibility index (Phi) is 4.78. The summed E-state index contributed by atoms with van der Waals surface area (Å²) >= 11 is 6.19. The van der Waals surface area contributed by atoms with Gasteiger partial charge in [-0.05, 0) is 67.1 Å². The first kappa shape index (κ1) is 17.5. The average molecular weight is 378 g/mol. The molecule has 0 aliphatic heterocycles. The second kappa shape index (κ2) is 7.37. The van der Waals surface area contributed by atoms with E-state index in [1.165, 1.54) is 6.07 Å². The molecule has 3 aromatic carbocycles. The summed E-state index contributed by atoms with van der Waals surface area (Å²) in [6.45, 7) is 2.57. The molecular weight excluding hydrogens is 361 g/mol. The van der Waals surface area contributed by atoms with Crippen LogP contribution in [-0.4, -0.2) is 11.6 Å². The Morgan fingerprint density at radius 1 is 0.926 bits per heavy atom. The van der Waals surface area contributed by atoms with Crippen molar-refractivity contribution in [3.8, 4) is 28.1 Å². The van der Waals surface area contributed by atoms with E-state index >= 15 is 0 Å². The summed E-state index contributed by atoms with van der Waals surface area (Å²) in [5, 5.41) is 1.41. The molecule has 0 saturated heterocycles. The van der Waals surface area contributed by atoms with Crippen molar-refractivity contribution < 1.29 is 9.13 Å². The zero-order chi connectivity index (χ0) is 18.8. The van der Waals surface area contributed by atoms with E-state index in [9.17, 15) is 4.39 Å². The number of benzene rings is 3. The molecular formula is C23H17ClFNO. The van der Waals surface area contributed by atoms with Gasteiger partial charge in [-0.1, -0.05) is 29.8 Å². The number of hydrogen-bond donors (Lipinski definition) is 0. The molecule has 0 fully saturated rings. The van der Waals surface area contributed by atoms with Crippen LogP contribution in [0.25, 0.3) is 33.3 Å². The van der Waals surface area contributed by atoms with E-state index in [0.29, 0.717) is 17.2 Å². The quantitative estimate of drug-likeness (QED) is 0.392. The van der Waals surface area contributed by atoms with Crippen LogP contribution in [0.3, 0.4) is 0 Å². The second-order valence-corrected chi connectivity index (χ2v) is 6.59. The van der Waals surface area contributed by atoms with Gasteiger partial charge in [-0.25, -0.2) is 9.37 Å². The third-order valence-corrected chi connectivity index (χ3v) is 4.63. The maximum Gasteiger partial charge on any atom is 0.131 e. The van der Waals surface area contributed by atoms with E-state index in [0.717, 1.165) is 33.5 Å². The van der Waals surface area contributed by atoms with Crippen molar-refractivity contribution in [3.05, 3.63) is 83.6 Å². The minimum Gasteiger partial charge on any atom is -0.494 e. The summed E-state index contributed by atoms with van der Waals surface area (Å²) in [5.41, 5.74) is 3.77. The van der Waals surface area contributed by atoms with Crippen molar-refractivity contribution in [2.24, 2.45) is 0 Å². The Morgan fingerprint density at radius 3 is 2.44 bits per heavy atom. The van der Waals surface area contributed by atoms with E-state index in [4.69, 9.17) is 21.3 Å². The zero-order valence-corrected chi connectivity index (χ0v) is 15.5. The van der Waals surface area contributed by atoms with Crippen LogP contribution in [0.15, 0.2) is 72.8 Å². The maximum atomic E-state index is 14.5. The van der Waals surface area contributed by atoms with Gasteiger partial charge in [0.1, 0.15) is 11.6 Å². The van der Waals surface area contributed by atoms with Gasteiger partial charge in [-0.2, -0.15) is 0 Å². The summed E-state index contributed by atoms with van der Waals surface area (Å²) in [7, 11) is 0. The Hall–Kier alpha value is -2.91. The van der Waals surface area contributed by atoms with Crippen LogP contribution < -0.4 is 4.74 Å². The Labute approximate surface area is 162 Å². The molecule has 1 aromatic heterocycles. The predicted octanol–water partition coefficient (Wildman–Crippen LogP) is 6.76. The van der Waals surface area contributed by atoms with Crippen LogP contribution >= 0.6 is 11.6 Å². The molecule has 0 aliphatic carbocycles. The third-order valence-electron chi connectivity index (χ3n) is 4.40. The standard InChI is InChI=1S/C23H17ClFNO/c1-2-27-17-10-7-15(8-11-17)23-14-19(18-5-3-4-6-21(18)25)20-13-16(24)9-12-22(20)26-23/h3-14H,2H2,1H3. The van der Waals surface area contributed by atoms with Crippen LogP contribution in [0.4, 0.5) is 4.39 Å². The van der Waals surface area contributed by atoms with Gasteiger partial charge in [0.15, 0.2) is 0 Å². The minimum atomic E-state index is -0.275. The molecule has 0 amide bonds. The number of nitrogens with zero attached hydrogens (tertiary/aromatic N) is 1. The van der Waals surface area contributed by atoms with Gasteiger partial charge >= 0.3 is 0 Å². The molecule has 4 rings (SSSR count). The first-order valence-corrected chi connectivity index (χ1v) is 9.12. The molecule has 4 heteroatoms. The van der Waals surface area contributed by atoms with Crippen molar-refractivity contribution in [2.45, 2.75) is 6.92 Å². The SMILES string of the molecule is CCOc1ccc(-c2cc(-c3ccccc3F)c3cc(Cl)ccc3n2)cc1. The van der Waals surface area contributed by atoms with Gasteiger partial charge in [0.25, 0.3) is 0 Å². The molecule has 0 aliphatic rings. The summed E-state index contributed by atoms with van der Waals surface area (Å²) < 4.78 is 20.0. The normalized spacial score (nSPS) is 10.9. The van der Waals surface area contributed by atoms with Crippen molar-refractivity contribution in [3.63, 3.8) is 0 Å². The van der Waals surface area contributed by atoms with Crippen molar-refractivity contribution in [1.82, 2.24) is 4.98 Å². The van der Waals surface area contributed by atoms with Gasteiger partial charge in [-0.3, -0.25) is 0 Å². The van der Waals surface area contributed by atoms with Crippen molar-refractivity contribution >= 4 is 22.5 Å². The molecule has 0 spiro atoms. The average Bonchev–Trinajstić information content (AvgIpc) is 2.69. The van der Waals surface area contributed by atoms with Gasteiger partial charge in [0.2, 0.25) is 0 Å². The fourth-order valence-electron chi connectivity index (χ4n) is 3.14. The number of pyridine rings is 1. The Balaban J connectivity index is 1.93. The monoisotopic (exact) mass is 377 g/mol. The topological polar surface area (TPSA) is 22.1 Å². The van der Waals surface area contributed by atoms with E-state index in [1.54, 1.807) is 18.2 Å². The molecule has 0 radical (unpaired) electrons. The van der Waals surface area contributed by atoms with E-state index in [1.807, 2.05) is 55.5 Å². The highest BCUT2D eigenvalue weighted by atomic mass is 35.5. The third kappa shape index (κ3) is 3.51. The number of halogens is 2. The lowest BCUT2D eigenvalue weighted by atomic mass is 9.98. The summed E-state index contributed by atoms with van der Waals surface area (Å²) in [4.78, 5) is 4.76. The van der Waals surface area contributed by atoms with Crippen LogP contribution in [0.1, 0.15) is 6.92 Å². The maximum absolute atomic E-state index is 14.5. The first-order chi connectivity index (χ1) is 13.2. The van der Waals surface area contributed by atoms with E-state index < -0.39 is 0 Å². The lowest BCUT2D eigenvalue weighted by molar-refractivity contribution is 0.340. The lowest BCUT2D eigenvalue weighted by Gasteiger charge is -2.12. The minimum absolute atomic E-state index is 0.275. The molecule has 4 aromatic rings. The fraction of sp³-hybridized carbons (Fsp3) is 0.0870.